The van der Waals surface area contributed by atoms with E-state index in [1.165, 1.54) is 6.20 Å². The van der Waals surface area contributed by atoms with Gasteiger partial charge in [0.1, 0.15) is 0 Å². The summed E-state index contributed by atoms with van der Waals surface area (Å²) in [5, 5.41) is 14.0. The number of aliphatic hydroxyl groups is 1. The Hall–Kier alpha value is -2.71. The van der Waals surface area contributed by atoms with Crippen LogP contribution in [0, 0.1) is 0 Å². The largest absolute Gasteiger partial charge is 0.395 e. The monoisotopic (exact) mass is 415 g/mol. The van der Waals surface area contributed by atoms with E-state index in [1.807, 2.05) is 18.2 Å². The van der Waals surface area contributed by atoms with E-state index in [1.54, 1.807) is 37.8 Å². The summed E-state index contributed by atoms with van der Waals surface area (Å²) in [4.78, 5) is 14.7. The van der Waals surface area contributed by atoms with Crippen LogP contribution in [0.3, 0.4) is 0 Å². The van der Waals surface area contributed by atoms with Crippen molar-refractivity contribution in [2.45, 2.75) is 39.8 Å². The van der Waals surface area contributed by atoms with Crippen LogP contribution >= 0.6 is 0 Å². The molecule has 0 aliphatic carbocycles. The lowest BCUT2D eigenvalue weighted by molar-refractivity contribution is -0.134. The zero-order valence-electron chi connectivity index (χ0n) is 16.8. The minimum atomic E-state index is -3.84. The minimum Gasteiger partial charge on any atom is -0.395 e. The lowest BCUT2D eigenvalue weighted by Crippen LogP contribution is -2.33. The SMILES string of the molecule is C=C(C)C(=C(C)C)S(=O)(=O)n1cc2c(n1)CN(C(=O)[C@H](CO)c1ccccc1)C2. The molecule has 1 atom stereocenters. The van der Waals surface area contributed by atoms with Crippen molar-refractivity contribution in [1.82, 2.24) is 14.1 Å². The van der Waals surface area contributed by atoms with E-state index in [4.69, 9.17) is 0 Å². The number of rotatable bonds is 6. The quantitative estimate of drug-likeness (QED) is 0.732. The first-order chi connectivity index (χ1) is 13.7. The highest BCUT2D eigenvalue weighted by molar-refractivity contribution is 7.94. The van der Waals surface area contributed by atoms with Crippen molar-refractivity contribution in [2.24, 2.45) is 0 Å². The molecule has 8 heteroatoms. The number of amides is 1. The topological polar surface area (TPSA) is 92.5 Å². The third-order valence-corrected chi connectivity index (χ3v) is 6.85. The summed E-state index contributed by atoms with van der Waals surface area (Å²) in [5.41, 5.74) is 3.06. The van der Waals surface area contributed by atoms with Crippen molar-refractivity contribution >= 4 is 15.9 Å². The Morgan fingerprint density at radius 2 is 1.86 bits per heavy atom. The van der Waals surface area contributed by atoms with Crippen molar-refractivity contribution in [1.29, 1.82) is 0 Å². The van der Waals surface area contributed by atoms with E-state index < -0.39 is 15.9 Å². The number of benzene rings is 1. The Balaban J connectivity index is 1.83. The van der Waals surface area contributed by atoms with Crippen LogP contribution in [0.4, 0.5) is 0 Å². The molecule has 7 nitrogen and oxygen atoms in total. The van der Waals surface area contributed by atoms with Crippen molar-refractivity contribution in [3.8, 4) is 0 Å². The molecule has 154 valence electrons. The van der Waals surface area contributed by atoms with Crippen LogP contribution in [0.2, 0.25) is 0 Å². The number of aliphatic hydroxyl groups excluding tert-OH is 1. The number of hydrogen-bond donors (Lipinski definition) is 1. The summed E-state index contributed by atoms with van der Waals surface area (Å²) < 4.78 is 26.9. The van der Waals surface area contributed by atoms with Crippen molar-refractivity contribution in [3.63, 3.8) is 0 Å². The van der Waals surface area contributed by atoms with E-state index in [9.17, 15) is 18.3 Å². The summed E-state index contributed by atoms with van der Waals surface area (Å²) in [6.45, 7) is 9.02. The molecule has 1 aliphatic heterocycles. The van der Waals surface area contributed by atoms with Crippen molar-refractivity contribution in [2.75, 3.05) is 6.61 Å². The number of fused-ring (bicyclic) bond motifs is 1. The molecule has 1 aromatic carbocycles. The number of allylic oxidation sites excluding steroid dienone is 2. The van der Waals surface area contributed by atoms with Gasteiger partial charge in [-0.15, -0.1) is 0 Å². The molecular weight excluding hydrogens is 390 g/mol. The summed E-state index contributed by atoms with van der Waals surface area (Å²) >= 11 is 0. The van der Waals surface area contributed by atoms with Crippen LogP contribution in [0.1, 0.15) is 43.5 Å². The average Bonchev–Trinajstić information content (AvgIpc) is 3.21. The van der Waals surface area contributed by atoms with Crippen molar-refractivity contribution < 1.29 is 18.3 Å². The smallest absolute Gasteiger partial charge is 0.283 e. The summed E-state index contributed by atoms with van der Waals surface area (Å²) in [6.07, 6.45) is 1.46. The highest BCUT2D eigenvalue weighted by atomic mass is 32.2. The molecule has 2 heterocycles. The Morgan fingerprint density at radius 1 is 1.21 bits per heavy atom. The molecule has 2 aromatic rings. The fraction of sp³-hybridized carbons (Fsp3) is 0.333. The van der Waals surface area contributed by atoms with E-state index in [0.717, 1.165) is 9.65 Å². The Kier molecular flexibility index (Phi) is 5.77. The van der Waals surface area contributed by atoms with Gasteiger partial charge in [-0.1, -0.05) is 42.5 Å². The molecule has 0 fully saturated rings. The fourth-order valence-electron chi connectivity index (χ4n) is 3.64. The molecule has 3 rings (SSSR count). The maximum atomic E-state index is 12.9. The minimum absolute atomic E-state index is 0.163. The van der Waals surface area contributed by atoms with Gasteiger partial charge >= 0.3 is 0 Å². The molecule has 29 heavy (non-hydrogen) atoms. The zero-order chi connectivity index (χ0) is 21.3. The van der Waals surface area contributed by atoms with E-state index >= 15 is 0 Å². The first kappa shape index (κ1) is 21.0. The van der Waals surface area contributed by atoms with Crippen LogP contribution < -0.4 is 0 Å². The molecule has 1 amide bonds. The normalized spacial score (nSPS) is 14.4. The number of nitrogens with zero attached hydrogens (tertiary/aromatic N) is 3. The van der Waals surface area contributed by atoms with Crippen molar-refractivity contribution in [3.05, 3.63) is 76.0 Å². The molecule has 0 unspecified atom stereocenters. The zero-order valence-corrected chi connectivity index (χ0v) is 17.6. The Bertz CT molecular complexity index is 1060. The molecule has 0 bridgehead atoms. The average molecular weight is 416 g/mol. The fourth-order valence-corrected chi connectivity index (χ4v) is 5.25. The van der Waals surface area contributed by atoms with Gasteiger partial charge in [-0.3, -0.25) is 4.79 Å². The van der Waals surface area contributed by atoms with E-state index in [0.29, 0.717) is 22.4 Å². The molecule has 1 N–H and O–H groups in total. The van der Waals surface area contributed by atoms with Gasteiger partial charge in [0.15, 0.2) is 0 Å². The third kappa shape index (κ3) is 3.90. The Labute approximate surface area is 171 Å². The van der Waals surface area contributed by atoms with Crippen LogP contribution in [-0.2, 0) is 27.9 Å². The predicted octanol–water partition coefficient (Wildman–Crippen LogP) is 2.55. The second-order valence-electron chi connectivity index (χ2n) is 7.43. The van der Waals surface area contributed by atoms with Gasteiger partial charge in [-0.2, -0.15) is 17.6 Å². The first-order valence-electron chi connectivity index (χ1n) is 9.27. The summed E-state index contributed by atoms with van der Waals surface area (Å²) in [5.74, 6) is -0.866. The highest BCUT2D eigenvalue weighted by Crippen LogP contribution is 2.29. The van der Waals surface area contributed by atoms with Gasteiger partial charge < -0.3 is 10.0 Å². The maximum Gasteiger partial charge on any atom is 0.283 e. The lowest BCUT2D eigenvalue weighted by Gasteiger charge is -2.22. The molecule has 1 aliphatic rings. The van der Waals surface area contributed by atoms with Gasteiger partial charge in [-0.05, 0) is 31.9 Å². The van der Waals surface area contributed by atoms with E-state index in [-0.39, 0.29) is 30.5 Å². The Morgan fingerprint density at radius 3 is 2.38 bits per heavy atom. The van der Waals surface area contributed by atoms with Gasteiger partial charge in [0, 0.05) is 18.3 Å². The maximum absolute atomic E-state index is 12.9. The molecule has 0 saturated heterocycles. The molecule has 0 spiro atoms. The third-order valence-electron chi connectivity index (χ3n) is 4.90. The van der Waals surface area contributed by atoms with Crippen LogP contribution in [-0.4, -0.2) is 40.1 Å². The number of carbonyl (C=O) groups is 1. The number of carbonyl (C=O) groups excluding carboxylic acids is 1. The molecule has 0 radical (unpaired) electrons. The van der Waals surface area contributed by atoms with Gasteiger partial charge in [0.2, 0.25) is 5.91 Å². The number of aromatic nitrogens is 2. The predicted molar refractivity (Wildman–Crippen MR) is 110 cm³/mol. The standard InChI is InChI=1S/C21H25N3O4S/c1-14(2)20(15(3)4)29(27,28)24-11-17-10-23(12-19(17)22-24)21(26)18(13-25)16-8-6-5-7-9-16/h5-9,11,18,25H,1,10,12-13H2,2-4H3/t18-/m1/s1. The summed E-state index contributed by atoms with van der Waals surface area (Å²) in [6, 6.07) is 9.10. The van der Waals surface area contributed by atoms with Gasteiger partial charge in [0.05, 0.1) is 29.7 Å². The lowest BCUT2D eigenvalue weighted by atomic mass is 9.98. The van der Waals surface area contributed by atoms with E-state index in [2.05, 4.69) is 11.7 Å². The van der Waals surface area contributed by atoms with Crippen LogP contribution in [0.5, 0.6) is 0 Å². The van der Waals surface area contributed by atoms with Crippen LogP contribution in [0.15, 0.2) is 59.2 Å². The molecule has 0 saturated carbocycles. The second-order valence-corrected chi connectivity index (χ2v) is 9.16. The highest BCUT2D eigenvalue weighted by Gasteiger charge is 2.33. The first-order valence-corrected chi connectivity index (χ1v) is 10.7. The molecular formula is C21H25N3O4S. The molecule has 1 aromatic heterocycles. The van der Waals surface area contributed by atoms with Gasteiger partial charge in [0.25, 0.3) is 10.0 Å². The van der Waals surface area contributed by atoms with Crippen LogP contribution in [0.25, 0.3) is 0 Å². The number of hydrogen-bond acceptors (Lipinski definition) is 5. The van der Waals surface area contributed by atoms with Gasteiger partial charge in [-0.25, -0.2) is 0 Å². The summed E-state index contributed by atoms with van der Waals surface area (Å²) in [7, 11) is -3.84. The second kappa shape index (κ2) is 7.96.